The molecule has 1 saturated heterocycles. The summed E-state index contributed by atoms with van der Waals surface area (Å²) in [5.41, 5.74) is 0. The molecule has 0 aromatic heterocycles. The lowest BCUT2D eigenvalue weighted by molar-refractivity contribution is -0.140. The number of carboxylic acid groups (broad SMARTS) is 1. The molecule has 6 heteroatoms. The van der Waals surface area contributed by atoms with Crippen LogP contribution in [0.3, 0.4) is 0 Å². The molecule has 2 N–H and O–H groups in total. The lowest BCUT2D eigenvalue weighted by Gasteiger charge is -2.29. The molecule has 0 bridgehead atoms. The average Bonchev–Trinajstić information content (AvgIpc) is 2.90. The van der Waals surface area contributed by atoms with Crippen molar-refractivity contribution in [2.24, 2.45) is 5.92 Å². The molecule has 1 aliphatic rings. The van der Waals surface area contributed by atoms with Gasteiger partial charge in [0, 0.05) is 19.6 Å². The summed E-state index contributed by atoms with van der Waals surface area (Å²) >= 11 is 0. The lowest BCUT2D eigenvalue weighted by atomic mass is 9.99. The summed E-state index contributed by atoms with van der Waals surface area (Å²) in [5, 5.41) is 11.9. The first kappa shape index (κ1) is 17.8. The van der Waals surface area contributed by atoms with E-state index in [2.05, 4.69) is 17.1 Å². The molecule has 1 heterocycles. The normalized spacial score (nSPS) is 21.8. The van der Waals surface area contributed by atoms with Crippen molar-refractivity contribution in [2.45, 2.75) is 52.1 Å². The molecule has 6 nitrogen and oxygen atoms in total. The predicted octanol–water partition coefficient (Wildman–Crippen LogP) is 1.61. The Morgan fingerprint density at radius 2 is 2.10 bits per heavy atom. The lowest BCUT2D eigenvalue weighted by Crippen LogP contribution is -2.51. The zero-order chi connectivity index (χ0) is 16.0. The van der Waals surface area contributed by atoms with Crippen molar-refractivity contribution in [3.8, 4) is 0 Å². The van der Waals surface area contributed by atoms with E-state index < -0.39 is 12.0 Å². The Hall–Kier alpha value is -1.30. The fourth-order valence-electron chi connectivity index (χ4n) is 2.84. The van der Waals surface area contributed by atoms with E-state index in [1.807, 2.05) is 13.8 Å². The van der Waals surface area contributed by atoms with Crippen molar-refractivity contribution in [3.05, 3.63) is 0 Å². The van der Waals surface area contributed by atoms with Gasteiger partial charge in [-0.15, -0.1) is 0 Å². The van der Waals surface area contributed by atoms with Crippen LogP contribution in [0.4, 0.5) is 4.79 Å². The van der Waals surface area contributed by atoms with Crippen LogP contribution >= 0.6 is 0 Å². The molecule has 21 heavy (non-hydrogen) atoms. The zero-order valence-corrected chi connectivity index (χ0v) is 13.6. The third-order valence-electron chi connectivity index (χ3n) is 4.49. The molecule has 0 radical (unpaired) electrons. The molecule has 3 unspecified atom stereocenters. The molecule has 1 fully saturated rings. The fourth-order valence-corrected chi connectivity index (χ4v) is 2.84. The summed E-state index contributed by atoms with van der Waals surface area (Å²) in [7, 11) is 1.73. The number of carbonyl (C=O) groups is 2. The second kappa shape index (κ2) is 8.22. The van der Waals surface area contributed by atoms with Crippen molar-refractivity contribution in [3.63, 3.8) is 0 Å². The van der Waals surface area contributed by atoms with Crippen LogP contribution in [0, 0.1) is 5.92 Å². The minimum atomic E-state index is -0.970. The maximum Gasteiger partial charge on any atom is 0.326 e. The Morgan fingerprint density at radius 3 is 2.62 bits per heavy atom. The quantitative estimate of drug-likeness (QED) is 0.749. The number of likely N-dealkylation sites (N-methyl/N-ethyl adjacent to an activating group) is 2. The molecule has 1 rings (SSSR count). The van der Waals surface area contributed by atoms with Gasteiger partial charge < -0.3 is 15.3 Å². The van der Waals surface area contributed by atoms with Gasteiger partial charge in [0.1, 0.15) is 6.04 Å². The number of aliphatic carboxylic acids is 1. The summed E-state index contributed by atoms with van der Waals surface area (Å²) in [6.07, 6.45) is 2.98. The van der Waals surface area contributed by atoms with E-state index in [0.717, 1.165) is 19.5 Å². The van der Waals surface area contributed by atoms with Crippen molar-refractivity contribution >= 4 is 12.0 Å². The van der Waals surface area contributed by atoms with Gasteiger partial charge in [0.2, 0.25) is 0 Å². The monoisotopic (exact) mass is 299 g/mol. The van der Waals surface area contributed by atoms with Crippen LogP contribution in [0.1, 0.15) is 40.0 Å². The highest BCUT2D eigenvalue weighted by atomic mass is 16.4. The topological polar surface area (TPSA) is 72.9 Å². The molecular formula is C15H29N3O3. The summed E-state index contributed by atoms with van der Waals surface area (Å²) in [6, 6.07) is -0.737. The largest absolute Gasteiger partial charge is 0.480 e. The summed E-state index contributed by atoms with van der Waals surface area (Å²) in [5.74, 6) is -1.05. The van der Waals surface area contributed by atoms with Gasteiger partial charge in [-0.2, -0.15) is 0 Å². The van der Waals surface area contributed by atoms with Crippen molar-refractivity contribution in [1.82, 2.24) is 15.1 Å². The number of hydrogen-bond acceptors (Lipinski definition) is 3. The molecule has 3 atom stereocenters. The molecule has 1 aliphatic heterocycles. The maximum atomic E-state index is 12.2. The van der Waals surface area contributed by atoms with Crippen LogP contribution in [-0.2, 0) is 4.79 Å². The number of amides is 2. The molecule has 0 aliphatic carbocycles. The van der Waals surface area contributed by atoms with E-state index in [0.29, 0.717) is 19.0 Å². The van der Waals surface area contributed by atoms with Gasteiger partial charge in [-0.25, -0.2) is 9.59 Å². The van der Waals surface area contributed by atoms with Gasteiger partial charge in [-0.05, 0) is 31.8 Å². The van der Waals surface area contributed by atoms with Crippen molar-refractivity contribution in [1.29, 1.82) is 0 Å². The highest BCUT2D eigenvalue weighted by Crippen LogP contribution is 2.17. The fraction of sp³-hybridized carbons (Fsp3) is 0.867. The van der Waals surface area contributed by atoms with Crippen molar-refractivity contribution < 1.29 is 14.7 Å². The summed E-state index contributed by atoms with van der Waals surface area (Å²) < 4.78 is 0. The SMILES string of the molecule is CCC(C)C(NC(=O)N(C)CC1CCCN1CC)C(=O)O. The molecule has 0 saturated carbocycles. The number of carboxylic acids is 1. The number of hydrogen-bond donors (Lipinski definition) is 2. The smallest absolute Gasteiger partial charge is 0.326 e. The second-order valence-corrected chi connectivity index (χ2v) is 5.96. The van der Waals surface area contributed by atoms with Gasteiger partial charge in [0.05, 0.1) is 0 Å². The van der Waals surface area contributed by atoms with Gasteiger partial charge in [0.15, 0.2) is 0 Å². The van der Waals surface area contributed by atoms with Gasteiger partial charge >= 0.3 is 12.0 Å². The Morgan fingerprint density at radius 1 is 1.43 bits per heavy atom. The molecule has 122 valence electrons. The highest BCUT2D eigenvalue weighted by Gasteiger charge is 2.29. The molecule has 0 aromatic rings. The Kier molecular flexibility index (Phi) is 6.95. The Bertz CT molecular complexity index is 362. The first-order valence-corrected chi connectivity index (χ1v) is 7.89. The highest BCUT2D eigenvalue weighted by molar-refractivity contribution is 5.82. The number of rotatable bonds is 7. The van der Waals surface area contributed by atoms with E-state index in [1.165, 1.54) is 6.42 Å². The first-order valence-electron chi connectivity index (χ1n) is 7.89. The number of nitrogens with zero attached hydrogens (tertiary/aromatic N) is 2. The molecular weight excluding hydrogens is 270 g/mol. The predicted molar refractivity (Wildman–Crippen MR) is 82.3 cm³/mol. The number of carbonyl (C=O) groups excluding carboxylic acids is 1. The van der Waals surface area contributed by atoms with Crippen LogP contribution in [-0.4, -0.2) is 65.7 Å². The zero-order valence-electron chi connectivity index (χ0n) is 13.6. The molecule has 0 aromatic carbocycles. The van der Waals surface area contributed by atoms with Crippen LogP contribution in [0.5, 0.6) is 0 Å². The third kappa shape index (κ3) is 4.88. The van der Waals surface area contributed by atoms with Crippen LogP contribution in [0.25, 0.3) is 0 Å². The average molecular weight is 299 g/mol. The van der Waals surface area contributed by atoms with Crippen LogP contribution in [0.2, 0.25) is 0 Å². The van der Waals surface area contributed by atoms with Gasteiger partial charge in [0.25, 0.3) is 0 Å². The second-order valence-electron chi connectivity index (χ2n) is 5.96. The maximum absolute atomic E-state index is 12.2. The van der Waals surface area contributed by atoms with E-state index in [1.54, 1.807) is 11.9 Å². The number of nitrogens with one attached hydrogen (secondary N) is 1. The van der Waals surface area contributed by atoms with Crippen molar-refractivity contribution in [2.75, 3.05) is 26.7 Å². The number of likely N-dealkylation sites (tertiary alicyclic amines) is 1. The van der Waals surface area contributed by atoms with Gasteiger partial charge in [-0.1, -0.05) is 27.2 Å². The molecule has 0 spiro atoms. The minimum absolute atomic E-state index is 0.0847. The standard InChI is InChI=1S/C15H29N3O3/c1-5-11(3)13(14(19)20)16-15(21)17(4)10-12-8-7-9-18(12)6-2/h11-13H,5-10H2,1-4H3,(H,16,21)(H,19,20). The number of urea groups is 1. The molecule has 2 amide bonds. The van der Waals surface area contributed by atoms with Gasteiger partial charge in [-0.3, -0.25) is 4.90 Å². The minimum Gasteiger partial charge on any atom is -0.480 e. The summed E-state index contributed by atoms with van der Waals surface area (Å²) in [6.45, 7) is 8.61. The Labute approximate surface area is 127 Å². The van der Waals surface area contributed by atoms with E-state index >= 15 is 0 Å². The summed E-state index contributed by atoms with van der Waals surface area (Å²) in [4.78, 5) is 27.4. The van der Waals surface area contributed by atoms with Crippen LogP contribution < -0.4 is 5.32 Å². The van der Waals surface area contributed by atoms with E-state index in [9.17, 15) is 14.7 Å². The first-order chi connectivity index (χ1) is 9.90. The Balaban J connectivity index is 2.55. The van der Waals surface area contributed by atoms with E-state index in [-0.39, 0.29) is 11.9 Å². The van der Waals surface area contributed by atoms with E-state index in [4.69, 9.17) is 0 Å². The van der Waals surface area contributed by atoms with Crippen LogP contribution in [0.15, 0.2) is 0 Å². The third-order valence-corrected chi connectivity index (χ3v) is 4.49.